The van der Waals surface area contributed by atoms with Gasteiger partial charge in [0, 0.05) is 16.7 Å². The third kappa shape index (κ3) is 6.40. The molecule has 0 saturated heterocycles. The van der Waals surface area contributed by atoms with Crippen LogP contribution in [0, 0.1) is 6.92 Å². The van der Waals surface area contributed by atoms with Crippen LogP contribution >= 0.6 is 11.8 Å². The van der Waals surface area contributed by atoms with Gasteiger partial charge in [-0.1, -0.05) is 42.1 Å². The lowest BCUT2D eigenvalue weighted by Crippen LogP contribution is -2.20. The quantitative estimate of drug-likeness (QED) is 0.498. The van der Waals surface area contributed by atoms with Crippen LogP contribution in [0.3, 0.4) is 0 Å². The van der Waals surface area contributed by atoms with Crippen LogP contribution in [-0.4, -0.2) is 18.5 Å². The Bertz CT molecular complexity index is 698. The Morgan fingerprint density at radius 1 is 1.13 bits per heavy atom. The van der Waals surface area contributed by atoms with E-state index < -0.39 is 5.97 Å². The Morgan fingerprint density at radius 2 is 1.91 bits per heavy atom. The predicted molar refractivity (Wildman–Crippen MR) is 92.2 cm³/mol. The molecule has 1 N–H and O–H groups in total. The first-order valence-electron chi connectivity index (χ1n) is 7.05. The molecule has 4 nitrogen and oxygen atoms in total. The molecule has 5 heteroatoms. The summed E-state index contributed by atoms with van der Waals surface area (Å²) >= 11 is 1.41. The fourth-order valence-electron chi connectivity index (χ4n) is 1.77. The Balaban J connectivity index is 1.72. The molecule has 1 amide bonds. The van der Waals surface area contributed by atoms with E-state index in [0.717, 1.165) is 10.5 Å². The van der Waals surface area contributed by atoms with Crippen molar-refractivity contribution >= 4 is 29.3 Å². The maximum atomic E-state index is 11.7. The first kappa shape index (κ1) is 16.8. The van der Waals surface area contributed by atoms with Crippen molar-refractivity contribution in [3.8, 4) is 0 Å². The molecule has 0 bridgehead atoms. The Morgan fingerprint density at radius 3 is 2.65 bits per heavy atom. The minimum atomic E-state index is -0.548. The van der Waals surface area contributed by atoms with Gasteiger partial charge in [0.05, 0.1) is 0 Å². The average Bonchev–Trinajstić information content (AvgIpc) is 2.54. The SMILES string of the molecule is Cc1cccc(NC(=O)COC(=O)/C=C/Sc2ccccc2)c1. The minimum absolute atomic E-state index is 0.312. The van der Waals surface area contributed by atoms with Crippen molar-refractivity contribution in [2.24, 2.45) is 0 Å². The van der Waals surface area contributed by atoms with Crippen LogP contribution in [0.25, 0.3) is 0 Å². The van der Waals surface area contributed by atoms with Gasteiger partial charge in [-0.2, -0.15) is 0 Å². The van der Waals surface area contributed by atoms with Crippen molar-refractivity contribution in [1.29, 1.82) is 0 Å². The van der Waals surface area contributed by atoms with E-state index in [9.17, 15) is 9.59 Å². The van der Waals surface area contributed by atoms with Crippen molar-refractivity contribution < 1.29 is 14.3 Å². The number of carbonyl (C=O) groups excluding carboxylic acids is 2. The lowest BCUT2D eigenvalue weighted by molar-refractivity contribution is -0.142. The van der Waals surface area contributed by atoms with Crippen LogP contribution in [0.5, 0.6) is 0 Å². The maximum Gasteiger partial charge on any atom is 0.331 e. The fraction of sp³-hybridized carbons (Fsp3) is 0.111. The van der Waals surface area contributed by atoms with Crippen LogP contribution in [-0.2, 0) is 14.3 Å². The Labute approximate surface area is 139 Å². The van der Waals surface area contributed by atoms with Gasteiger partial charge in [0.25, 0.3) is 5.91 Å². The fourth-order valence-corrected chi connectivity index (χ4v) is 2.42. The van der Waals surface area contributed by atoms with Gasteiger partial charge in [-0.3, -0.25) is 4.79 Å². The maximum absolute atomic E-state index is 11.7. The molecule has 0 atom stereocenters. The van der Waals surface area contributed by atoms with Gasteiger partial charge < -0.3 is 10.1 Å². The van der Waals surface area contributed by atoms with Gasteiger partial charge in [-0.15, -0.1) is 0 Å². The van der Waals surface area contributed by atoms with Gasteiger partial charge in [0.1, 0.15) is 0 Å². The van der Waals surface area contributed by atoms with Gasteiger partial charge in [-0.25, -0.2) is 4.79 Å². The summed E-state index contributed by atoms with van der Waals surface area (Å²) in [6, 6.07) is 17.1. The highest BCUT2D eigenvalue weighted by atomic mass is 32.2. The second kappa shape index (κ2) is 8.80. The summed E-state index contributed by atoms with van der Waals surface area (Å²) in [5.41, 5.74) is 1.72. The van der Waals surface area contributed by atoms with E-state index in [4.69, 9.17) is 4.74 Å². The molecular formula is C18H17NO3S. The number of esters is 1. The number of rotatable bonds is 6. The zero-order valence-electron chi connectivity index (χ0n) is 12.7. The zero-order valence-corrected chi connectivity index (χ0v) is 13.5. The first-order valence-corrected chi connectivity index (χ1v) is 7.93. The molecule has 118 valence electrons. The number of aryl methyl sites for hydroxylation is 1. The van der Waals surface area contributed by atoms with E-state index in [1.54, 1.807) is 11.5 Å². The van der Waals surface area contributed by atoms with Crippen LogP contribution in [0.4, 0.5) is 5.69 Å². The van der Waals surface area contributed by atoms with E-state index >= 15 is 0 Å². The number of carbonyl (C=O) groups is 2. The van der Waals surface area contributed by atoms with Crippen LogP contribution in [0.2, 0.25) is 0 Å². The number of nitrogens with one attached hydrogen (secondary N) is 1. The summed E-state index contributed by atoms with van der Waals surface area (Å²) in [5, 5.41) is 4.31. The summed E-state index contributed by atoms with van der Waals surface area (Å²) in [6.07, 6.45) is 1.30. The van der Waals surface area contributed by atoms with Gasteiger partial charge in [0.2, 0.25) is 0 Å². The molecule has 0 spiro atoms. The van der Waals surface area contributed by atoms with E-state index in [2.05, 4.69) is 5.32 Å². The highest BCUT2D eigenvalue weighted by molar-refractivity contribution is 8.02. The van der Waals surface area contributed by atoms with Crippen LogP contribution in [0.15, 0.2) is 71.0 Å². The number of amides is 1. The number of hydrogen-bond acceptors (Lipinski definition) is 4. The lowest BCUT2D eigenvalue weighted by atomic mass is 10.2. The topological polar surface area (TPSA) is 55.4 Å². The largest absolute Gasteiger partial charge is 0.452 e. The predicted octanol–water partition coefficient (Wildman–Crippen LogP) is 3.78. The van der Waals surface area contributed by atoms with Gasteiger partial charge in [-0.05, 0) is 42.2 Å². The third-order valence-electron chi connectivity index (χ3n) is 2.80. The number of anilines is 1. The van der Waals surface area contributed by atoms with E-state index in [0.29, 0.717) is 5.69 Å². The average molecular weight is 327 g/mol. The molecule has 0 unspecified atom stereocenters. The molecular weight excluding hydrogens is 310 g/mol. The standard InChI is InChI=1S/C18H17NO3S/c1-14-6-5-7-15(12-14)19-17(20)13-22-18(21)10-11-23-16-8-3-2-4-9-16/h2-12H,13H2,1H3,(H,19,20)/b11-10+. The van der Waals surface area contributed by atoms with E-state index in [1.165, 1.54) is 17.8 Å². The van der Waals surface area contributed by atoms with Gasteiger partial charge >= 0.3 is 5.97 Å². The number of thioether (sulfide) groups is 1. The van der Waals surface area contributed by atoms with E-state index in [-0.39, 0.29) is 12.5 Å². The minimum Gasteiger partial charge on any atom is -0.452 e. The second-order valence-electron chi connectivity index (χ2n) is 4.76. The molecule has 0 fully saturated rings. The normalized spacial score (nSPS) is 10.5. The summed E-state index contributed by atoms with van der Waals surface area (Å²) < 4.78 is 4.89. The summed E-state index contributed by atoms with van der Waals surface area (Å²) in [7, 11) is 0. The van der Waals surface area contributed by atoms with Gasteiger partial charge in [0.15, 0.2) is 6.61 Å². The highest BCUT2D eigenvalue weighted by Crippen LogP contribution is 2.17. The van der Waals surface area contributed by atoms with Crippen LogP contribution in [0.1, 0.15) is 5.56 Å². The summed E-state index contributed by atoms with van der Waals surface area (Å²) in [4.78, 5) is 24.3. The third-order valence-corrected chi connectivity index (χ3v) is 3.62. The Kier molecular flexibility index (Phi) is 6.44. The zero-order chi connectivity index (χ0) is 16.5. The highest BCUT2D eigenvalue weighted by Gasteiger charge is 2.05. The first-order chi connectivity index (χ1) is 11.1. The van der Waals surface area contributed by atoms with E-state index in [1.807, 2.05) is 55.5 Å². The molecule has 2 aromatic rings. The monoisotopic (exact) mass is 327 g/mol. The molecule has 0 radical (unpaired) electrons. The van der Waals surface area contributed by atoms with Crippen molar-refractivity contribution in [3.05, 3.63) is 71.6 Å². The number of benzene rings is 2. The number of ether oxygens (including phenoxy) is 1. The Hall–Kier alpha value is -2.53. The summed E-state index contributed by atoms with van der Waals surface area (Å²) in [6.45, 7) is 1.62. The molecule has 2 rings (SSSR count). The molecule has 0 aliphatic rings. The lowest BCUT2D eigenvalue weighted by Gasteiger charge is -2.05. The van der Waals surface area contributed by atoms with Crippen LogP contribution < -0.4 is 5.32 Å². The molecule has 0 aromatic heterocycles. The molecule has 0 saturated carbocycles. The molecule has 0 aliphatic heterocycles. The molecule has 0 heterocycles. The smallest absolute Gasteiger partial charge is 0.331 e. The molecule has 2 aromatic carbocycles. The molecule has 23 heavy (non-hydrogen) atoms. The van der Waals surface area contributed by atoms with Crippen molar-refractivity contribution in [1.82, 2.24) is 0 Å². The van der Waals surface area contributed by atoms with Crippen molar-refractivity contribution in [3.63, 3.8) is 0 Å². The van der Waals surface area contributed by atoms with Crippen molar-refractivity contribution in [2.45, 2.75) is 11.8 Å². The second-order valence-corrected chi connectivity index (χ2v) is 5.74. The summed E-state index contributed by atoms with van der Waals surface area (Å²) in [5.74, 6) is -0.916. The number of hydrogen-bond donors (Lipinski definition) is 1. The van der Waals surface area contributed by atoms with Crippen molar-refractivity contribution in [2.75, 3.05) is 11.9 Å². The molecule has 0 aliphatic carbocycles.